The van der Waals surface area contributed by atoms with Crippen molar-refractivity contribution >= 4 is 0 Å². The number of likely N-dealkylation sites (N-methyl/N-ethyl adjacent to an activating group) is 1. The fourth-order valence-corrected chi connectivity index (χ4v) is 2.34. The summed E-state index contributed by atoms with van der Waals surface area (Å²) in [6.07, 6.45) is 0. The van der Waals surface area contributed by atoms with Crippen molar-refractivity contribution in [3.63, 3.8) is 0 Å². The molecular formula is C17H30N2O. The number of nitrogens with one attached hydrogen (secondary N) is 1. The first-order chi connectivity index (χ1) is 9.69. The number of hydrogen-bond donors (Lipinski definition) is 1. The van der Waals surface area contributed by atoms with Gasteiger partial charge in [0.1, 0.15) is 0 Å². The van der Waals surface area contributed by atoms with Crippen LogP contribution in [-0.2, 0) is 4.74 Å². The molecule has 114 valence electrons. The fourth-order valence-electron chi connectivity index (χ4n) is 2.34. The standard InChI is InChI=1S/C17H30N2O/c1-5-19(12-13-20-6-2)17(14-18-15(3)4)16-10-8-7-9-11-16/h7-11,15,17-18H,5-6,12-14H2,1-4H3. The highest BCUT2D eigenvalue weighted by molar-refractivity contribution is 5.19. The van der Waals surface area contributed by atoms with Crippen LogP contribution in [0.1, 0.15) is 39.3 Å². The van der Waals surface area contributed by atoms with Crippen molar-refractivity contribution in [2.24, 2.45) is 0 Å². The quantitative estimate of drug-likeness (QED) is 0.666. The molecule has 0 aliphatic heterocycles. The van der Waals surface area contributed by atoms with Crippen molar-refractivity contribution in [1.82, 2.24) is 10.2 Å². The Morgan fingerprint density at radius 3 is 2.40 bits per heavy atom. The zero-order valence-electron chi connectivity index (χ0n) is 13.4. The molecule has 0 aliphatic rings. The number of rotatable bonds is 10. The van der Waals surface area contributed by atoms with Crippen molar-refractivity contribution in [3.8, 4) is 0 Å². The zero-order chi connectivity index (χ0) is 14.8. The zero-order valence-corrected chi connectivity index (χ0v) is 13.4. The van der Waals surface area contributed by atoms with E-state index in [-0.39, 0.29) is 0 Å². The van der Waals surface area contributed by atoms with Crippen LogP contribution in [0.15, 0.2) is 30.3 Å². The van der Waals surface area contributed by atoms with Gasteiger partial charge in [-0.2, -0.15) is 0 Å². The molecule has 0 aromatic heterocycles. The van der Waals surface area contributed by atoms with E-state index in [1.165, 1.54) is 5.56 Å². The van der Waals surface area contributed by atoms with Gasteiger partial charge in [-0.15, -0.1) is 0 Å². The maximum absolute atomic E-state index is 5.52. The molecule has 0 saturated carbocycles. The van der Waals surface area contributed by atoms with Gasteiger partial charge in [0.05, 0.1) is 6.61 Å². The molecule has 0 amide bonds. The van der Waals surface area contributed by atoms with Crippen molar-refractivity contribution in [2.45, 2.75) is 39.8 Å². The van der Waals surface area contributed by atoms with Crippen LogP contribution in [-0.4, -0.2) is 43.8 Å². The third kappa shape index (κ3) is 6.04. The van der Waals surface area contributed by atoms with Crippen molar-refractivity contribution in [3.05, 3.63) is 35.9 Å². The second-order valence-electron chi connectivity index (χ2n) is 5.31. The van der Waals surface area contributed by atoms with Gasteiger partial charge in [-0.05, 0) is 19.0 Å². The largest absolute Gasteiger partial charge is 0.380 e. The minimum absolute atomic E-state index is 0.407. The second kappa shape index (κ2) is 9.92. The monoisotopic (exact) mass is 278 g/mol. The molecule has 1 aromatic rings. The summed E-state index contributed by atoms with van der Waals surface area (Å²) in [6.45, 7) is 13.2. The maximum atomic E-state index is 5.52. The average Bonchev–Trinajstić information content (AvgIpc) is 2.46. The van der Waals surface area contributed by atoms with Crippen LogP contribution in [0, 0.1) is 0 Å². The Labute approximate surface area is 124 Å². The molecule has 0 heterocycles. The topological polar surface area (TPSA) is 24.5 Å². The fraction of sp³-hybridized carbons (Fsp3) is 0.647. The van der Waals surface area contributed by atoms with Gasteiger partial charge in [-0.1, -0.05) is 51.1 Å². The molecule has 3 heteroatoms. The minimum Gasteiger partial charge on any atom is -0.380 e. The molecule has 1 rings (SSSR count). The van der Waals surface area contributed by atoms with Crippen LogP contribution < -0.4 is 5.32 Å². The predicted octanol–water partition coefficient (Wildman–Crippen LogP) is 3.08. The Morgan fingerprint density at radius 2 is 1.85 bits per heavy atom. The molecular weight excluding hydrogens is 248 g/mol. The summed E-state index contributed by atoms with van der Waals surface area (Å²) >= 11 is 0. The second-order valence-corrected chi connectivity index (χ2v) is 5.31. The highest BCUT2D eigenvalue weighted by atomic mass is 16.5. The van der Waals surface area contributed by atoms with Crippen LogP contribution in [0.2, 0.25) is 0 Å². The van der Waals surface area contributed by atoms with Gasteiger partial charge in [-0.25, -0.2) is 0 Å². The summed E-state index contributed by atoms with van der Waals surface area (Å²) in [5.41, 5.74) is 1.37. The molecule has 1 atom stereocenters. The Balaban J connectivity index is 2.73. The summed E-state index contributed by atoms with van der Waals surface area (Å²) < 4.78 is 5.52. The Morgan fingerprint density at radius 1 is 1.15 bits per heavy atom. The van der Waals surface area contributed by atoms with E-state index in [0.29, 0.717) is 12.1 Å². The Hall–Kier alpha value is -0.900. The van der Waals surface area contributed by atoms with Crippen molar-refractivity contribution < 1.29 is 4.74 Å². The van der Waals surface area contributed by atoms with E-state index in [4.69, 9.17) is 4.74 Å². The van der Waals surface area contributed by atoms with E-state index in [0.717, 1.165) is 32.8 Å². The number of ether oxygens (including phenoxy) is 1. The molecule has 20 heavy (non-hydrogen) atoms. The molecule has 1 N–H and O–H groups in total. The van der Waals surface area contributed by atoms with E-state index >= 15 is 0 Å². The van der Waals surface area contributed by atoms with Gasteiger partial charge < -0.3 is 10.1 Å². The van der Waals surface area contributed by atoms with Crippen LogP contribution in [0.3, 0.4) is 0 Å². The normalized spacial score (nSPS) is 13.1. The molecule has 0 saturated heterocycles. The lowest BCUT2D eigenvalue weighted by atomic mass is 10.0. The highest BCUT2D eigenvalue weighted by Gasteiger charge is 2.18. The molecule has 0 radical (unpaired) electrons. The van der Waals surface area contributed by atoms with E-state index in [2.05, 4.69) is 61.3 Å². The summed E-state index contributed by atoms with van der Waals surface area (Å²) in [6, 6.07) is 11.7. The minimum atomic E-state index is 0.407. The molecule has 1 aromatic carbocycles. The van der Waals surface area contributed by atoms with Gasteiger partial charge in [0, 0.05) is 31.8 Å². The third-order valence-electron chi connectivity index (χ3n) is 3.48. The number of hydrogen-bond acceptors (Lipinski definition) is 3. The van der Waals surface area contributed by atoms with Gasteiger partial charge in [0.25, 0.3) is 0 Å². The first-order valence-electron chi connectivity index (χ1n) is 7.79. The maximum Gasteiger partial charge on any atom is 0.0593 e. The number of benzene rings is 1. The molecule has 1 unspecified atom stereocenters. The van der Waals surface area contributed by atoms with E-state index in [1.54, 1.807) is 0 Å². The van der Waals surface area contributed by atoms with Crippen LogP contribution in [0.5, 0.6) is 0 Å². The Bertz CT molecular complexity index is 340. The molecule has 0 fully saturated rings. The van der Waals surface area contributed by atoms with E-state index in [9.17, 15) is 0 Å². The predicted molar refractivity (Wildman–Crippen MR) is 86.1 cm³/mol. The average molecular weight is 278 g/mol. The SMILES string of the molecule is CCOCCN(CC)C(CNC(C)C)c1ccccc1. The lowest BCUT2D eigenvalue weighted by Crippen LogP contribution is -2.39. The molecule has 0 aliphatic carbocycles. The third-order valence-corrected chi connectivity index (χ3v) is 3.48. The van der Waals surface area contributed by atoms with Crippen LogP contribution in [0.4, 0.5) is 0 Å². The summed E-state index contributed by atoms with van der Waals surface area (Å²) in [7, 11) is 0. The van der Waals surface area contributed by atoms with Crippen LogP contribution in [0.25, 0.3) is 0 Å². The number of nitrogens with zero attached hydrogens (tertiary/aromatic N) is 1. The van der Waals surface area contributed by atoms with Gasteiger partial charge in [0.2, 0.25) is 0 Å². The summed E-state index contributed by atoms with van der Waals surface area (Å²) in [5, 5.41) is 3.57. The molecule has 3 nitrogen and oxygen atoms in total. The highest BCUT2D eigenvalue weighted by Crippen LogP contribution is 2.19. The van der Waals surface area contributed by atoms with Crippen LogP contribution >= 0.6 is 0 Å². The smallest absolute Gasteiger partial charge is 0.0593 e. The van der Waals surface area contributed by atoms with E-state index in [1.807, 2.05) is 6.92 Å². The lowest BCUT2D eigenvalue weighted by Gasteiger charge is -2.32. The molecule has 0 bridgehead atoms. The van der Waals surface area contributed by atoms with Crippen molar-refractivity contribution in [2.75, 3.05) is 32.8 Å². The first-order valence-corrected chi connectivity index (χ1v) is 7.79. The van der Waals surface area contributed by atoms with Gasteiger partial charge in [0.15, 0.2) is 0 Å². The Kier molecular flexibility index (Phi) is 8.51. The van der Waals surface area contributed by atoms with E-state index < -0.39 is 0 Å². The molecule has 0 spiro atoms. The van der Waals surface area contributed by atoms with Crippen molar-refractivity contribution in [1.29, 1.82) is 0 Å². The first kappa shape index (κ1) is 17.2. The summed E-state index contributed by atoms with van der Waals surface area (Å²) in [4.78, 5) is 2.49. The van der Waals surface area contributed by atoms with Gasteiger partial charge in [-0.3, -0.25) is 4.90 Å². The van der Waals surface area contributed by atoms with Gasteiger partial charge >= 0.3 is 0 Å². The summed E-state index contributed by atoms with van der Waals surface area (Å²) in [5.74, 6) is 0. The lowest BCUT2D eigenvalue weighted by molar-refractivity contribution is 0.0954.